The van der Waals surface area contributed by atoms with Crippen LogP contribution in [0.5, 0.6) is 0 Å². The molecule has 2 amide bonds. The van der Waals surface area contributed by atoms with E-state index < -0.39 is 29.2 Å². The van der Waals surface area contributed by atoms with E-state index in [1.807, 2.05) is 20.8 Å². The van der Waals surface area contributed by atoms with E-state index in [0.29, 0.717) is 16.8 Å². The van der Waals surface area contributed by atoms with Crippen LogP contribution in [-0.4, -0.2) is 23.1 Å². The first-order valence-corrected chi connectivity index (χ1v) is 11.1. The summed E-state index contributed by atoms with van der Waals surface area (Å²) in [6, 6.07) is 20.4. The van der Waals surface area contributed by atoms with Crippen molar-refractivity contribution in [3.05, 3.63) is 106 Å². The number of azide groups is 1. The van der Waals surface area contributed by atoms with Crippen molar-refractivity contribution in [1.82, 2.24) is 5.32 Å². The van der Waals surface area contributed by atoms with Crippen LogP contribution in [0, 0.1) is 6.92 Å². The van der Waals surface area contributed by atoms with Gasteiger partial charge in [0.15, 0.2) is 0 Å². The topological polar surface area (TPSA) is 115 Å². The fourth-order valence-corrected chi connectivity index (χ4v) is 3.72. The number of nitrogens with one attached hydrogen (secondary N) is 1. The van der Waals surface area contributed by atoms with E-state index in [2.05, 4.69) is 15.3 Å². The van der Waals surface area contributed by atoms with Crippen molar-refractivity contribution in [2.75, 3.05) is 4.90 Å². The van der Waals surface area contributed by atoms with Gasteiger partial charge in [-0.2, -0.15) is 0 Å². The first-order chi connectivity index (χ1) is 16.6. The second kappa shape index (κ2) is 10.7. The van der Waals surface area contributed by atoms with Crippen molar-refractivity contribution < 1.29 is 14.4 Å². The Morgan fingerprint density at radius 1 is 0.914 bits per heavy atom. The Balaban J connectivity index is 2.29. The van der Waals surface area contributed by atoms with Crippen LogP contribution in [0.15, 0.2) is 84.0 Å². The number of carbonyl (C=O) groups excluding carboxylic acids is 3. The minimum atomic E-state index is -1.28. The van der Waals surface area contributed by atoms with Gasteiger partial charge in [-0.05, 0) is 50.4 Å². The number of aryl methyl sites for hydroxylation is 1. The van der Waals surface area contributed by atoms with Gasteiger partial charge in [-0.3, -0.25) is 19.3 Å². The SMILES string of the molecule is Cc1ccccc1N(C(=O)C(=O)c1ccccc1)C(C(=O)NC(C)(C)C)c1ccccc1N=[N+]=[N-]. The predicted octanol–water partition coefficient (Wildman–Crippen LogP) is 5.81. The molecule has 178 valence electrons. The average Bonchev–Trinajstić information content (AvgIpc) is 2.82. The third kappa shape index (κ3) is 5.93. The number of carbonyl (C=O) groups is 3. The van der Waals surface area contributed by atoms with E-state index in [1.54, 1.807) is 85.8 Å². The fraction of sp³-hybridized carbons (Fsp3) is 0.222. The molecule has 0 saturated carbocycles. The molecule has 8 nitrogen and oxygen atoms in total. The minimum Gasteiger partial charge on any atom is -0.349 e. The lowest BCUT2D eigenvalue weighted by molar-refractivity contribution is -0.126. The number of nitrogens with zero attached hydrogens (tertiary/aromatic N) is 4. The summed E-state index contributed by atoms with van der Waals surface area (Å²) in [5.41, 5.74) is 10.3. The van der Waals surface area contributed by atoms with Gasteiger partial charge in [-0.15, -0.1) is 0 Å². The summed E-state index contributed by atoms with van der Waals surface area (Å²) in [6.07, 6.45) is 0. The number of benzene rings is 3. The molecule has 35 heavy (non-hydrogen) atoms. The van der Waals surface area contributed by atoms with E-state index in [0.717, 1.165) is 0 Å². The number of anilines is 1. The maximum atomic E-state index is 13.8. The minimum absolute atomic E-state index is 0.183. The molecular weight excluding hydrogens is 442 g/mol. The van der Waals surface area contributed by atoms with Gasteiger partial charge in [0.2, 0.25) is 5.91 Å². The zero-order chi connectivity index (χ0) is 25.6. The number of para-hydroxylation sites is 1. The zero-order valence-corrected chi connectivity index (χ0v) is 20.1. The van der Waals surface area contributed by atoms with Crippen molar-refractivity contribution in [3.8, 4) is 0 Å². The lowest BCUT2D eigenvalue weighted by atomic mass is 9.97. The standard InChI is InChI=1S/C27H27N5O3/c1-18-12-8-11-17-22(18)32(26(35)24(33)19-13-6-5-7-14-19)23(25(34)29-27(2,3)4)20-15-9-10-16-21(20)30-31-28/h5-17,23H,1-4H3,(H,29,34). The fourth-order valence-electron chi connectivity index (χ4n) is 3.72. The maximum absolute atomic E-state index is 13.8. The summed E-state index contributed by atoms with van der Waals surface area (Å²) in [6.45, 7) is 7.24. The monoisotopic (exact) mass is 469 g/mol. The molecule has 0 fully saturated rings. The van der Waals surface area contributed by atoms with Crippen LogP contribution in [0.2, 0.25) is 0 Å². The summed E-state index contributed by atoms with van der Waals surface area (Å²) < 4.78 is 0. The van der Waals surface area contributed by atoms with Gasteiger partial charge in [0.25, 0.3) is 11.7 Å². The molecule has 0 heterocycles. The molecule has 0 bridgehead atoms. The second-order valence-electron chi connectivity index (χ2n) is 9.05. The van der Waals surface area contributed by atoms with Crippen LogP contribution in [0.25, 0.3) is 10.4 Å². The normalized spacial score (nSPS) is 11.7. The molecule has 3 aromatic carbocycles. The first kappa shape index (κ1) is 25.2. The molecule has 0 aliphatic heterocycles. The zero-order valence-electron chi connectivity index (χ0n) is 20.1. The van der Waals surface area contributed by atoms with Crippen molar-refractivity contribution in [2.24, 2.45) is 5.11 Å². The largest absolute Gasteiger partial charge is 0.349 e. The van der Waals surface area contributed by atoms with Crippen molar-refractivity contribution in [3.63, 3.8) is 0 Å². The third-order valence-corrected chi connectivity index (χ3v) is 5.21. The molecule has 0 saturated heterocycles. The molecule has 0 spiro atoms. The Hall–Kier alpha value is -4.42. The first-order valence-electron chi connectivity index (χ1n) is 11.1. The molecule has 3 rings (SSSR count). The number of ketones is 1. The summed E-state index contributed by atoms with van der Waals surface area (Å²) in [5, 5.41) is 6.66. The Morgan fingerprint density at radius 3 is 2.14 bits per heavy atom. The summed E-state index contributed by atoms with van der Waals surface area (Å²) in [7, 11) is 0. The van der Waals surface area contributed by atoms with Crippen molar-refractivity contribution in [1.29, 1.82) is 0 Å². The van der Waals surface area contributed by atoms with Gasteiger partial charge in [0.05, 0.1) is 0 Å². The summed E-state index contributed by atoms with van der Waals surface area (Å²) in [5.74, 6) is -2.16. The Morgan fingerprint density at radius 2 is 1.51 bits per heavy atom. The van der Waals surface area contributed by atoms with Crippen molar-refractivity contribution >= 4 is 29.0 Å². The van der Waals surface area contributed by atoms with Crippen LogP contribution in [0.3, 0.4) is 0 Å². The molecular formula is C27H27N5O3. The Labute approximate surface area is 204 Å². The van der Waals surface area contributed by atoms with Crippen LogP contribution >= 0.6 is 0 Å². The lowest BCUT2D eigenvalue weighted by Crippen LogP contribution is -2.51. The second-order valence-corrected chi connectivity index (χ2v) is 9.05. The number of amides is 2. The van der Waals surface area contributed by atoms with Gasteiger partial charge in [0, 0.05) is 27.4 Å². The Bertz CT molecular complexity index is 1290. The Kier molecular flexibility index (Phi) is 7.69. The van der Waals surface area contributed by atoms with E-state index in [-0.39, 0.29) is 11.3 Å². The molecule has 0 radical (unpaired) electrons. The molecule has 0 aliphatic carbocycles. The summed E-state index contributed by atoms with van der Waals surface area (Å²) >= 11 is 0. The van der Waals surface area contributed by atoms with Crippen LogP contribution < -0.4 is 10.2 Å². The van der Waals surface area contributed by atoms with Crippen LogP contribution in [0.4, 0.5) is 11.4 Å². The van der Waals surface area contributed by atoms with E-state index in [9.17, 15) is 14.4 Å². The highest BCUT2D eigenvalue weighted by molar-refractivity contribution is 6.47. The van der Waals surface area contributed by atoms with Gasteiger partial charge in [-0.1, -0.05) is 77.9 Å². The molecule has 1 N–H and O–H groups in total. The number of rotatable bonds is 7. The van der Waals surface area contributed by atoms with Crippen molar-refractivity contribution in [2.45, 2.75) is 39.3 Å². The summed E-state index contributed by atoms with van der Waals surface area (Å²) in [4.78, 5) is 45.0. The average molecular weight is 470 g/mol. The predicted molar refractivity (Wildman–Crippen MR) is 135 cm³/mol. The molecule has 0 aliphatic rings. The van der Waals surface area contributed by atoms with E-state index in [1.165, 1.54) is 4.90 Å². The maximum Gasteiger partial charge on any atom is 0.300 e. The number of Topliss-reactive ketones (excluding diaryl/α,β-unsaturated/α-hetero) is 1. The van der Waals surface area contributed by atoms with Crippen LogP contribution in [0.1, 0.15) is 48.3 Å². The van der Waals surface area contributed by atoms with Gasteiger partial charge < -0.3 is 5.32 Å². The van der Waals surface area contributed by atoms with Gasteiger partial charge >= 0.3 is 0 Å². The van der Waals surface area contributed by atoms with Crippen LogP contribution in [-0.2, 0) is 9.59 Å². The third-order valence-electron chi connectivity index (χ3n) is 5.21. The highest BCUT2D eigenvalue weighted by Crippen LogP contribution is 2.36. The number of hydrogen-bond donors (Lipinski definition) is 1. The molecule has 1 atom stereocenters. The molecule has 0 aromatic heterocycles. The van der Waals surface area contributed by atoms with Gasteiger partial charge in [-0.25, -0.2) is 0 Å². The highest BCUT2D eigenvalue weighted by atomic mass is 16.2. The lowest BCUT2D eigenvalue weighted by Gasteiger charge is -2.34. The highest BCUT2D eigenvalue weighted by Gasteiger charge is 2.38. The van der Waals surface area contributed by atoms with E-state index >= 15 is 0 Å². The van der Waals surface area contributed by atoms with Gasteiger partial charge in [0.1, 0.15) is 6.04 Å². The quantitative estimate of drug-likeness (QED) is 0.155. The smallest absolute Gasteiger partial charge is 0.300 e. The van der Waals surface area contributed by atoms with E-state index in [4.69, 9.17) is 5.53 Å². The number of hydrogen-bond acceptors (Lipinski definition) is 4. The molecule has 8 heteroatoms. The molecule has 3 aromatic rings. The molecule has 1 unspecified atom stereocenters.